The molecule has 0 spiro atoms. The van der Waals surface area contributed by atoms with E-state index in [-0.39, 0.29) is 11.5 Å². The molecule has 0 saturated heterocycles. The number of hydrogen-bond acceptors (Lipinski definition) is 3. The van der Waals surface area contributed by atoms with Gasteiger partial charge in [-0.1, -0.05) is 6.08 Å². The van der Waals surface area contributed by atoms with Crippen molar-refractivity contribution in [2.45, 2.75) is 13.0 Å². The maximum Gasteiger partial charge on any atom is 0.338 e. The molecule has 1 atom stereocenters. The minimum atomic E-state index is -1.06. The summed E-state index contributed by atoms with van der Waals surface area (Å²) < 4.78 is 1.31. The zero-order valence-electron chi connectivity index (χ0n) is 8.88. The topological polar surface area (TPSA) is 84.2 Å². The first-order valence-electron chi connectivity index (χ1n) is 4.72. The second kappa shape index (κ2) is 5.11. The molecular weight excluding hydrogens is 210 g/mol. The third-order valence-electron chi connectivity index (χ3n) is 2.05. The van der Waals surface area contributed by atoms with Gasteiger partial charge in [-0.15, -0.1) is 6.58 Å². The number of carboxylic acids is 1. The molecule has 0 bridgehead atoms. The Kier molecular flexibility index (Phi) is 3.82. The number of hydrogen-bond donors (Lipinski definition) is 2. The van der Waals surface area contributed by atoms with Gasteiger partial charge in [0.05, 0.1) is 11.8 Å². The van der Waals surface area contributed by atoms with E-state index in [1.54, 1.807) is 13.0 Å². The van der Waals surface area contributed by atoms with Crippen molar-refractivity contribution in [1.29, 1.82) is 0 Å². The number of amides is 1. The van der Waals surface area contributed by atoms with E-state index in [0.717, 1.165) is 0 Å². The van der Waals surface area contributed by atoms with Crippen LogP contribution in [0.4, 0.5) is 0 Å². The van der Waals surface area contributed by atoms with Gasteiger partial charge in [0, 0.05) is 12.7 Å². The van der Waals surface area contributed by atoms with E-state index in [9.17, 15) is 9.59 Å². The van der Waals surface area contributed by atoms with Crippen molar-refractivity contribution < 1.29 is 14.7 Å². The van der Waals surface area contributed by atoms with Gasteiger partial charge in [0.15, 0.2) is 0 Å². The normalized spacial score (nSPS) is 11.8. The standard InChI is InChI=1S/C10H13N3O3/c1-3-4-11-9(14)7(2)13-6-8(5-12-13)10(15)16/h3,5-7H,1,4H2,2H3,(H,11,14)(H,15,16). The summed E-state index contributed by atoms with van der Waals surface area (Å²) in [5.74, 6) is -1.30. The van der Waals surface area contributed by atoms with Crippen LogP contribution in [0.25, 0.3) is 0 Å². The molecule has 1 unspecified atom stereocenters. The van der Waals surface area contributed by atoms with Gasteiger partial charge >= 0.3 is 5.97 Å². The van der Waals surface area contributed by atoms with Crippen molar-refractivity contribution in [2.24, 2.45) is 0 Å². The van der Waals surface area contributed by atoms with Crippen LogP contribution in [0.2, 0.25) is 0 Å². The molecule has 1 aromatic rings. The Morgan fingerprint density at radius 1 is 1.75 bits per heavy atom. The highest BCUT2D eigenvalue weighted by Gasteiger charge is 2.16. The van der Waals surface area contributed by atoms with Gasteiger partial charge in [-0.05, 0) is 6.92 Å². The van der Waals surface area contributed by atoms with Gasteiger partial charge in [-0.3, -0.25) is 9.48 Å². The van der Waals surface area contributed by atoms with Crippen molar-refractivity contribution in [3.8, 4) is 0 Å². The number of carboxylic acid groups (broad SMARTS) is 1. The Morgan fingerprint density at radius 3 is 2.94 bits per heavy atom. The highest BCUT2D eigenvalue weighted by molar-refractivity contribution is 5.87. The average Bonchev–Trinajstić information content (AvgIpc) is 2.74. The smallest absolute Gasteiger partial charge is 0.338 e. The fraction of sp³-hybridized carbons (Fsp3) is 0.300. The molecular formula is C10H13N3O3. The minimum absolute atomic E-state index is 0.0587. The van der Waals surface area contributed by atoms with Crippen LogP contribution in [-0.2, 0) is 4.79 Å². The first-order chi connectivity index (χ1) is 7.56. The van der Waals surface area contributed by atoms with E-state index in [0.29, 0.717) is 6.54 Å². The quantitative estimate of drug-likeness (QED) is 0.709. The average molecular weight is 223 g/mol. The minimum Gasteiger partial charge on any atom is -0.478 e. The molecule has 0 aromatic carbocycles. The van der Waals surface area contributed by atoms with E-state index in [1.807, 2.05) is 0 Å². The predicted molar refractivity (Wildman–Crippen MR) is 57.1 cm³/mol. The van der Waals surface area contributed by atoms with Crippen molar-refractivity contribution in [2.75, 3.05) is 6.54 Å². The van der Waals surface area contributed by atoms with Crippen LogP contribution in [0.15, 0.2) is 25.0 Å². The van der Waals surface area contributed by atoms with Gasteiger partial charge in [0.25, 0.3) is 0 Å². The Hall–Kier alpha value is -2.11. The molecule has 86 valence electrons. The highest BCUT2D eigenvalue weighted by atomic mass is 16.4. The Morgan fingerprint density at radius 2 is 2.44 bits per heavy atom. The van der Waals surface area contributed by atoms with Crippen molar-refractivity contribution in [3.63, 3.8) is 0 Å². The molecule has 1 amide bonds. The zero-order valence-corrected chi connectivity index (χ0v) is 8.88. The Balaban J connectivity index is 2.71. The Labute approximate surface area is 92.6 Å². The lowest BCUT2D eigenvalue weighted by molar-refractivity contribution is -0.123. The number of carbonyl (C=O) groups excluding carboxylic acids is 1. The molecule has 6 heteroatoms. The number of nitrogens with one attached hydrogen (secondary N) is 1. The molecule has 0 radical (unpaired) electrons. The number of rotatable bonds is 5. The summed E-state index contributed by atoms with van der Waals surface area (Å²) in [5.41, 5.74) is 0.0587. The third kappa shape index (κ3) is 2.69. The SMILES string of the molecule is C=CCNC(=O)C(C)n1cc(C(=O)O)cn1. The number of carbonyl (C=O) groups is 2. The molecule has 0 saturated carbocycles. The van der Waals surface area contributed by atoms with Gasteiger partial charge < -0.3 is 10.4 Å². The summed E-state index contributed by atoms with van der Waals surface area (Å²) in [6.45, 7) is 5.48. The van der Waals surface area contributed by atoms with E-state index in [2.05, 4.69) is 17.0 Å². The van der Waals surface area contributed by atoms with Crippen LogP contribution in [0.1, 0.15) is 23.3 Å². The molecule has 0 fully saturated rings. The zero-order chi connectivity index (χ0) is 12.1. The van der Waals surface area contributed by atoms with Crippen LogP contribution in [-0.4, -0.2) is 33.3 Å². The lowest BCUT2D eigenvalue weighted by Crippen LogP contribution is -2.31. The van der Waals surface area contributed by atoms with Crippen molar-refractivity contribution in [1.82, 2.24) is 15.1 Å². The highest BCUT2D eigenvalue weighted by Crippen LogP contribution is 2.06. The van der Waals surface area contributed by atoms with Crippen LogP contribution in [0.3, 0.4) is 0 Å². The molecule has 0 aliphatic heterocycles. The molecule has 2 N–H and O–H groups in total. The van der Waals surface area contributed by atoms with Crippen LogP contribution in [0.5, 0.6) is 0 Å². The lowest BCUT2D eigenvalue weighted by Gasteiger charge is -2.11. The van der Waals surface area contributed by atoms with E-state index >= 15 is 0 Å². The largest absolute Gasteiger partial charge is 0.478 e. The maximum absolute atomic E-state index is 11.5. The molecule has 1 rings (SSSR count). The van der Waals surface area contributed by atoms with Gasteiger partial charge in [0.2, 0.25) is 5.91 Å². The van der Waals surface area contributed by atoms with Crippen LogP contribution < -0.4 is 5.32 Å². The second-order valence-electron chi connectivity index (χ2n) is 3.22. The second-order valence-corrected chi connectivity index (χ2v) is 3.22. The van der Waals surface area contributed by atoms with Gasteiger partial charge in [-0.2, -0.15) is 5.10 Å². The van der Waals surface area contributed by atoms with Crippen molar-refractivity contribution in [3.05, 3.63) is 30.6 Å². The van der Waals surface area contributed by atoms with Gasteiger partial charge in [0.1, 0.15) is 6.04 Å². The number of nitrogens with zero attached hydrogens (tertiary/aromatic N) is 2. The molecule has 16 heavy (non-hydrogen) atoms. The summed E-state index contributed by atoms with van der Waals surface area (Å²) in [7, 11) is 0. The van der Waals surface area contributed by atoms with Crippen LogP contribution in [0, 0.1) is 0 Å². The van der Waals surface area contributed by atoms with E-state index in [1.165, 1.54) is 17.1 Å². The Bertz CT molecular complexity index is 411. The predicted octanol–water partition coefficient (Wildman–Crippen LogP) is 0.444. The summed E-state index contributed by atoms with van der Waals surface area (Å²) in [6, 6.07) is -0.548. The summed E-state index contributed by atoms with van der Waals surface area (Å²) in [4.78, 5) is 22.1. The number of aromatic carboxylic acids is 1. The van der Waals surface area contributed by atoms with Gasteiger partial charge in [-0.25, -0.2) is 4.79 Å². The third-order valence-corrected chi connectivity index (χ3v) is 2.05. The van der Waals surface area contributed by atoms with E-state index < -0.39 is 12.0 Å². The lowest BCUT2D eigenvalue weighted by atomic mass is 10.3. The summed E-state index contributed by atoms with van der Waals surface area (Å²) in [6.07, 6.45) is 4.09. The molecule has 1 aromatic heterocycles. The maximum atomic E-state index is 11.5. The first-order valence-corrected chi connectivity index (χ1v) is 4.72. The molecule has 0 aliphatic carbocycles. The molecule has 6 nitrogen and oxygen atoms in total. The summed E-state index contributed by atoms with van der Waals surface area (Å²) >= 11 is 0. The number of aromatic nitrogens is 2. The van der Waals surface area contributed by atoms with Crippen LogP contribution >= 0.6 is 0 Å². The monoisotopic (exact) mass is 223 g/mol. The fourth-order valence-corrected chi connectivity index (χ4v) is 1.10. The summed E-state index contributed by atoms with van der Waals surface area (Å²) in [5, 5.41) is 15.1. The molecule has 1 heterocycles. The fourth-order valence-electron chi connectivity index (χ4n) is 1.10. The first kappa shape index (κ1) is 12.0. The van der Waals surface area contributed by atoms with E-state index in [4.69, 9.17) is 5.11 Å². The molecule has 0 aliphatic rings. The van der Waals surface area contributed by atoms with Crippen molar-refractivity contribution >= 4 is 11.9 Å².